The molecular formula is C21H36N6O. The second-order valence-corrected chi connectivity index (χ2v) is 8.76. The van der Waals surface area contributed by atoms with Gasteiger partial charge in [-0.3, -0.25) is 14.6 Å². The number of hydrogen-bond acceptors (Lipinski definition) is 4. The Hall–Kier alpha value is -1.60. The minimum atomic E-state index is 0.236. The van der Waals surface area contributed by atoms with Gasteiger partial charge in [0.1, 0.15) is 0 Å². The topological polar surface area (TPSA) is 57.9 Å². The maximum atomic E-state index is 5.69. The number of aromatic nitrogens is 2. The van der Waals surface area contributed by atoms with Crippen molar-refractivity contribution in [2.24, 2.45) is 18.0 Å². The van der Waals surface area contributed by atoms with E-state index in [0.717, 1.165) is 58.1 Å². The van der Waals surface area contributed by atoms with Crippen molar-refractivity contribution in [1.82, 2.24) is 24.9 Å². The molecule has 28 heavy (non-hydrogen) atoms. The van der Waals surface area contributed by atoms with Gasteiger partial charge in [-0.05, 0) is 63.1 Å². The zero-order valence-corrected chi connectivity index (χ0v) is 17.6. The van der Waals surface area contributed by atoms with E-state index in [1.54, 1.807) is 0 Å². The molecule has 1 atom stereocenters. The molecule has 156 valence electrons. The summed E-state index contributed by atoms with van der Waals surface area (Å²) in [5.74, 6) is 1.75. The molecule has 4 heterocycles. The fraction of sp³-hybridized carbons (Fsp3) is 0.810. The molecule has 1 unspecified atom stereocenters. The van der Waals surface area contributed by atoms with Gasteiger partial charge in [0, 0.05) is 58.7 Å². The second-order valence-electron chi connectivity index (χ2n) is 8.76. The average Bonchev–Trinajstić information content (AvgIpc) is 3.46. The van der Waals surface area contributed by atoms with E-state index >= 15 is 0 Å². The lowest BCUT2D eigenvalue weighted by atomic mass is 9.88. The van der Waals surface area contributed by atoms with Gasteiger partial charge < -0.3 is 15.0 Å². The Labute approximate surface area is 169 Å². The summed E-state index contributed by atoms with van der Waals surface area (Å²) < 4.78 is 7.58. The van der Waals surface area contributed by atoms with E-state index in [1.165, 1.54) is 37.9 Å². The third-order valence-corrected chi connectivity index (χ3v) is 6.86. The summed E-state index contributed by atoms with van der Waals surface area (Å²) in [7, 11) is 3.91. The minimum Gasteiger partial charge on any atom is -0.381 e. The highest BCUT2D eigenvalue weighted by Crippen LogP contribution is 2.31. The molecule has 1 aromatic heterocycles. The van der Waals surface area contributed by atoms with Gasteiger partial charge in [0.25, 0.3) is 0 Å². The number of nitrogens with zero attached hydrogens (tertiary/aromatic N) is 5. The van der Waals surface area contributed by atoms with Crippen LogP contribution in [0.1, 0.15) is 37.7 Å². The van der Waals surface area contributed by atoms with Gasteiger partial charge in [-0.1, -0.05) is 0 Å². The summed E-state index contributed by atoms with van der Waals surface area (Å²) in [5, 5.41) is 8.06. The van der Waals surface area contributed by atoms with E-state index in [2.05, 4.69) is 31.4 Å². The number of ether oxygens (including phenoxy) is 1. The summed E-state index contributed by atoms with van der Waals surface area (Å²) in [5.41, 5.74) is 1.58. The highest BCUT2D eigenvalue weighted by Gasteiger charge is 2.40. The van der Waals surface area contributed by atoms with Gasteiger partial charge in [0.05, 0.1) is 6.20 Å². The van der Waals surface area contributed by atoms with Crippen LogP contribution in [-0.4, -0.2) is 84.1 Å². The third-order valence-electron chi connectivity index (χ3n) is 6.86. The molecule has 0 saturated carbocycles. The predicted molar refractivity (Wildman–Crippen MR) is 112 cm³/mol. The molecule has 4 rings (SSSR count). The maximum absolute atomic E-state index is 5.69. The smallest absolute Gasteiger partial charge is 0.193 e. The van der Waals surface area contributed by atoms with Crippen LogP contribution in [0.15, 0.2) is 17.4 Å². The Balaban J connectivity index is 1.33. The number of nitrogens with one attached hydrogen (secondary N) is 1. The number of guanidine groups is 1. The molecule has 3 aliphatic rings. The van der Waals surface area contributed by atoms with Gasteiger partial charge in [0.15, 0.2) is 5.96 Å². The van der Waals surface area contributed by atoms with Crippen molar-refractivity contribution < 1.29 is 4.74 Å². The van der Waals surface area contributed by atoms with E-state index in [0.29, 0.717) is 5.92 Å². The Kier molecular flexibility index (Phi) is 6.21. The zero-order chi connectivity index (χ0) is 19.4. The Morgan fingerprint density at radius 1 is 1.29 bits per heavy atom. The predicted octanol–water partition coefficient (Wildman–Crippen LogP) is 1.50. The zero-order valence-electron chi connectivity index (χ0n) is 17.6. The first-order valence-corrected chi connectivity index (χ1v) is 10.9. The molecule has 3 aliphatic heterocycles. The summed E-state index contributed by atoms with van der Waals surface area (Å²) in [6.07, 6.45) is 11.4. The van der Waals surface area contributed by atoms with Gasteiger partial charge >= 0.3 is 0 Å². The lowest BCUT2D eigenvalue weighted by molar-refractivity contribution is -0.0166. The molecule has 0 bridgehead atoms. The summed E-state index contributed by atoms with van der Waals surface area (Å²) in [6.45, 7) is 7.38. The van der Waals surface area contributed by atoms with Gasteiger partial charge in [-0.25, -0.2) is 0 Å². The number of aryl methyl sites for hydroxylation is 1. The van der Waals surface area contributed by atoms with Crippen LogP contribution in [0.3, 0.4) is 0 Å². The summed E-state index contributed by atoms with van der Waals surface area (Å²) in [4.78, 5) is 9.78. The molecule has 0 aliphatic carbocycles. The SMILES string of the molecule is CN=C(NCC1(N2CCCC2)CCOCC1)N1CCC(Cc2cnn(C)c2)C1. The van der Waals surface area contributed by atoms with Gasteiger partial charge in [0.2, 0.25) is 0 Å². The highest BCUT2D eigenvalue weighted by molar-refractivity contribution is 5.80. The molecule has 1 N–H and O–H groups in total. The van der Waals surface area contributed by atoms with Crippen LogP contribution in [0.2, 0.25) is 0 Å². The van der Waals surface area contributed by atoms with E-state index in [-0.39, 0.29) is 5.54 Å². The summed E-state index contributed by atoms with van der Waals surface area (Å²) >= 11 is 0. The highest BCUT2D eigenvalue weighted by atomic mass is 16.5. The van der Waals surface area contributed by atoms with E-state index in [4.69, 9.17) is 4.74 Å². The van der Waals surface area contributed by atoms with Gasteiger partial charge in [-0.15, -0.1) is 0 Å². The first-order chi connectivity index (χ1) is 13.7. The molecule has 7 nitrogen and oxygen atoms in total. The van der Waals surface area contributed by atoms with E-state index in [9.17, 15) is 0 Å². The van der Waals surface area contributed by atoms with Crippen LogP contribution in [0.5, 0.6) is 0 Å². The maximum Gasteiger partial charge on any atom is 0.193 e. The lowest BCUT2D eigenvalue weighted by Crippen LogP contribution is -2.58. The van der Waals surface area contributed by atoms with Crippen molar-refractivity contribution in [3.05, 3.63) is 18.0 Å². The van der Waals surface area contributed by atoms with E-state index in [1.807, 2.05) is 25.0 Å². The third kappa shape index (κ3) is 4.35. The van der Waals surface area contributed by atoms with Crippen LogP contribution in [0.25, 0.3) is 0 Å². The number of likely N-dealkylation sites (tertiary alicyclic amines) is 2. The number of hydrogen-bond donors (Lipinski definition) is 1. The van der Waals surface area contributed by atoms with Crippen LogP contribution in [0, 0.1) is 5.92 Å². The fourth-order valence-electron chi connectivity index (χ4n) is 5.23. The second kappa shape index (κ2) is 8.82. The quantitative estimate of drug-likeness (QED) is 0.612. The van der Waals surface area contributed by atoms with Crippen molar-refractivity contribution >= 4 is 5.96 Å². The Morgan fingerprint density at radius 2 is 2.07 bits per heavy atom. The average molecular weight is 389 g/mol. The molecule has 3 fully saturated rings. The number of rotatable bonds is 5. The van der Waals surface area contributed by atoms with E-state index < -0.39 is 0 Å². The molecule has 1 aromatic rings. The lowest BCUT2D eigenvalue weighted by Gasteiger charge is -2.45. The first kappa shape index (κ1) is 19.7. The molecule has 0 aromatic carbocycles. The van der Waals surface area contributed by atoms with Crippen LogP contribution < -0.4 is 5.32 Å². The van der Waals surface area contributed by atoms with Crippen molar-refractivity contribution in [3.8, 4) is 0 Å². The fourth-order valence-corrected chi connectivity index (χ4v) is 5.23. The molecular weight excluding hydrogens is 352 g/mol. The standard InChI is InChI=1S/C21H36N6O/c1-22-20(26-10-5-18(16-26)13-19-14-24-25(2)15-19)23-17-21(6-11-28-12-7-21)27-8-3-4-9-27/h14-15,18H,3-13,16-17H2,1-2H3,(H,22,23). The van der Waals surface area contributed by atoms with Crippen molar-refractivity contribution in [1.29, 1.82) is 0 Å². The monoisotopic (exact) mass is 388 g/mol. The molecule has 7 heteroatoms. The molecule has 0 amide bonds. The largest absolute Gasteiger partial charge is 0.381 e. The van der Waals surface area contributed by atoms with Crippen molar-refractivity contribution in [2.75, 3.05) is 53.0 Å². The molecule has 3 saturated heterocycles. The Morgan fingerprint density at radius 3 is 2.75 bits per heavy atom. The van der Waals surface area contributed by atoms with Gasteiger partial charge in [-0.2, -0.15) is 5.10 Å². The van der Waals surface area contributed by atoms with Crippen LogP contribution >= 0.6 is 0 Å². The molecule has 0 spiro atoms. The number of aliphatic imine (C=N–C) groups is 1. The minimum absolute atomic E-state index is 0.236. The normalized spacial score (nSPS) is 26.1. The van der Waals surface area contributed by atoms with Crippen molar-refractivity contribution in [2.45, 2.75) is 44.1 Å². The van der Waals surface area contributed by atoms with Crippen LogP contribution in [0.4, 0.5) is 0 Å². The molecule has 0 radical (unpaired) electrons. The van der Waals surface area contributed by atoms with Crippen molar-refractivity contribution in [3.63, 3.8) is 0 Å². The first-order valence-electron chi connectivity index (χ1n) is 10.9. The Bertz CT molecular complexity index is 660. The van der Waals surface area contributed by atoms with Crippen LogP contribution in [-0.2, 0) is 18.2 Å². The summed E-state index contributed by atoms with van der Waals surface area (Å²) in [6, 6.07) is 0.